The Labute approximate surface area is 151 Å². The largest absolute Gasteiger partial charge is 0.423 e. The van der Waals surface area contributed by atoms with E-state index in [4.69, 9.17) is 21.9 Å². The quantitative estimate of drug-likeness (QED) is 0.288. The summed E-state index contributed by atoms with van der Waals surface area (Å²) >= 11 is 0. The van der Waals surface area contributed by atoms with Crippen molar-refractivity contribution in [1.29, 1.82) is 0 Å². The molecule has 0 atom stereocenters. The molecule has 0 aliphatic carbocycles. The van der Waals surface area contributed by atoms with E-state index >= 15 is 0 Å². The van der Waals surface area contributed by atoms with Crippen molar-refractivity contribution in [2.45, 2.75) is 0 Å². The summed E-state index contributed by atoms with van der Waals surface area (Å²) in [5.41, 5.74) is 21.1. The molecule has 0 fully saturated rings. The Bertz CT molecular complexity index is 963. The van der Waals surface area contributed by atoms with Gasteiger partial charge in [-0.15, -0.1) is 0 Å². The monoisotopic (exact) mass is 345 g/mol. The van der Waals surface area contributed by atoms with Crippen molar-refractivity contribution >= 4 is 35.2 Å². The van der Waals surface area contributed by atoms with Gasteiger partial charge in [0.2, 0.25) is 0 Å². The molecule has 6 N–H and O–H groups in total. The number of para-hydroxylation sites is 1. The first kappa shape index (κ1) is 17.1. The first-order chi connectivity index (χ1) is 12.5. The average molecular weight is 345 g/mol. The van der Waals surface area contributed by atoms with Gasteiger partial charge in [-0.05, 0) is 47.5 Å². The summed E-state index contributed by atoms with van der Waals surface area (Å²) < 4.78 is 5.42. The van der Waals surface area contributed by atoms with E-state index in [2.05, 4.69) is 0 Å². The van der Waals surface area contributed by atoms with Gasteiger partial charge in [-0.2, -0.15) is 0 Å². The minimum absolute atomic E-state index is 0.314. The molecule has 0 unspecified atom stereocenters. The second-order valence-corrected chi connectivity index (χ2v) is 5.81. The number of anilines is 3. The van der Waals surface area contributed by atoms with Crippen LogP contribution in [0.25, 0.3) is 12.2 Å². The van der Waals surface area contributed by atoms with Crippen LogP contribution >= 0.6 is 0 Å². The highest BCUT2D eigenvalue weighted by molar-refractivity contribution is 5.96. The molecular formula is C21H19N3O2. The van der Waals surface area contributed by atoms with Crippen LogP contribution in [0, 0.1) is 0 Å². The van der Waals surface area contributed by atoms with Gasteiger partial charge in [-0.3, -0.25) is 0 Å². The van der Waals surface area contributed by atoms with Gasteiger partial charge >= 0.3 is 5.97 Å². The Hall–Kier alpha value is -3.73. The lowest BCUT2D eigenvalue weighted by Gasteiger charge is -2.08. The predicted octanol–water partition coefficient (Wildman–Crippen LogP) is 3.82. The smallest absolute Gasteiger partial charge is 0.345 e. The fraction of sp³-hybridized carbons (Fsp3) is 0. The van der Waals surface area contributed by atoms with Gasteiger partial charge in [0.25, 0.3) is 0 Å². The third-order valence-corrected chi connectivity index (χ3v) is 3.75. The van der Waals surface area contributed by atoms with E-state index in [1.54, 1.807) is 42.5 Å². The molecule has 0 heterocycles. The number of benzene rings is 3. The van der Waals surface area contributed by atoms with Crippen molar-refractivity contribution in [2.24, 2.45) is 0 Å². The summed E-state index contributed by atoms with van der Waals surface area (Å²) in [4.78, 5) is 12.3. The second kappa shape index (κ2) is 7.44. The molecule has 26 heavy (non-hydrogen) atoms. The van der Waals surface area contributed by atoms with Crippen LogP contribution in [0.3, 0.4) is 0 Å². The zero-order valence-electron chi connectivity index (χ0n) is 14.1. The van der Waals surface area contributed by atoms with Gasteiger partial charge in [0.1, 0.15) is 5.75 Å². The molecule has 0 amide bonds. The second-order valence-electron chi connectivity index (χ2n) is 5.81. The van der Waals surface area contributed by atoms with E-state index in [0.29, 0.717) is 28.4 Å². The van der Waals surface area contributed by atoms with Crippen LogP contribution < -0.4 is 21.9 Å². The Morgan fingerprint density at radius 3 is 2.19 bits per heavy atom. The number of nitrogens with two attached hydrogens (primary N) is 3. The number of carbonyl (C=O) groups is 1. The Balaban J connectivity index is 1.80. The summed E-state index contributed by atoms with van der Waals surface area (Å²) in [6.07, 6.45) is 3.81. The summed E-state index contributed by atoms with van der Waals surface area (Å²) in [6, 6.07) is 19.4. The maximum atomic E-state index is 12.3. The molecule has 0 saturated heterocycles. The Morgan fingerprint density at radius 1 is 0.769 bits per heavy atom. The number of rotatable bonds is 4. The average Bonchev–Trinajstić information content (AvgIpc) is 2.61. The molecule has 0 aromatic heterocycles. The first-order valence-electron chi connectivity index (χ1n) is 8.02. The lowest BCUT2D eigenvalue weighted by Crippen LogP contribution is -2.11. The third-order valence-electron chi connectivity index (χ3n) is 3.75. The lowest BCUT2D eigenvalue weighted by atomic mass is 10.1. The van der Waals surface area contributed by atoms with Crippen LogP contribution in [0.2, 0.25) is 0 Å². The maximum absolute atomic E-state index is 12.3. The normalized spacial score (nSPS) is 10.8. The fourth-order valence-corrected chi connectivity index (χ4v) is 2.45. The zero-order chi connectivity index (χ0) is 18.5. The van der Waals surface area contributed by atoms with E-state index < -0.39 is 5.97 Å². The van der Waals surface area contributed by atoms with Crippen molar-refractivity contribution < 1.29 is 9.53 Å². The lowest BCUT2D eigenvalue weighted by molar-refractivity contribution is 0.0736. The summed E-state index contributed by atoms with van der Waals surface area (Å²) in [6.45, 7) is 0. The molecule has 130 valence electrons. The molecule has 0 bridgehead atoms. The van der Waals surface area contributed by atoms with Crippen LogP contribution in [-0.2, 0) is 0 Å². The molecule has 5 heteroatoms. The SMILES string of the molecule is Nc1ccc(/C=C/c2cc(N)cc(OC(=O)c3ccccc3N)c2)cc1. The van der Waals surface area contributed by atoms with Gasteiger partial charge in [-0.25, -0.2) is 4.79 Å². The highest BCUT2D eigenvalue weighted by Gasteiger charge is 2.12. The van der Waals surface area contributed by atoms with Crippen LogP contribution in [0.4, 0.5) is 17.1 Å². The van der Waals surface area contributed by atoms with Crippen molar-refractivity contribution in [3.8, 4) is 5.75 Å². The Morgan fingerprint density at radius 2 is 1.46 bits per heavy atom. The van der Waals surface area contributed by atoms with E-state index in [0.717, 1.165) is 11.1 Å². The van der Waals surface area contributed by atoms with Gasteiger partial charge in [-0.1, -0.05) is 36.4 Å². The molecule has 0 radical (unpaired) electrons. The molecule has 0 aliphatic heterocycles. The highest BCUT2D eigenvalue weighted by Crippen LogP contribution is 2.23. The Kier molecular flexibility index (Phi) is 4.90. The van der Waals surface area contributed by atoms with Crippen molar-refractivity contribution in [3.63, 3.8) is 0 Å². The molecular weight excluding hydrogens is 326 g/mol. The van der Waals surface area contributed by atoms with Crippen molar-refractivity contribution in [1.82, 2.24) is 0 Å². The number of nitrogen functional groups attached to an aromatic ring is 3. The summed E-state index contributed by atoms with van der Waals surface area (Å²) in [5, 5.41) is 0. The molecule has 3 aromatic rings. The third kappa shape index (κ3) is 4.21. The summed E-state index contributed by atoms with van der Waals surface area (Å²) in [7, 11) is 0. The van der Waals surface area contributed by atoms with E-state index in [-0.39, 0.29) is 0 Å². The fourth-order valence-electron chi connectivity index (χ4n) is 2.45. The molecule has 3 aromatic carbocycles. The zero-order valence-corrected chi connectivity index (χ0v) is 14.1. The van der Waals surface area contributed by atoms with E-state index in [1.165, 1.54) is 0 Å². The van der Waals surface area contributed by atoms with E-state index in [1.807, 2.05) is 36.4 Å². The van der Waals surface area contributed by atoms with Crippen molar-refractivity contribution in [2.75, 3.05) is 17.2 Å². The number of esters is 1. The van der Waals surface area contributed by atoms with E-state index in [9.17, 15) is 4.79 Å². The minimum atomic E-state index is -0.526. The van der Waals surface area contributed by atoms with Crippen LogP contribution in [0.15, 0.2) is 66.7 Å². The predicted molar refractivity (Wildman–Crippen MR) is 106 cm³/mol. The standard InChI is InChI=1S/C21H19N3O2/c22-16-9-7-14(8-10-16)5-6-15-11-17(23)13-18(12-15)26-21(25)19-3-1-2-4-20(19)24/h1-13H,22-24H2/b6-5+. The number of ether oxygens (including phenoxy) is 1. The van der Waals surface area contributed by atoms with Crippen LogP contribution in [-0.4, -0.2) is 5.97 Å². The van der Waals surface area contributed by atoms with Crippen molar-refractivity contribution in [3.05, 3.63) is 83.4 Å². The molecule has 0 aliphatic rings. The van der Waals surface area contributed by atoms with Crippen LogP contribution in [0.5, 0.6) is 5.75 Å². The summed E-state index contributed by atoms with van der Waals surface area (Å²) in [5.74, 6) is -0.169. The highest BCUT2D eigenvalue weighted by atomic mass is 16.5. The molecule has 0 saturated carbocycles. The van der Waals surface area contributed by atoms with Gasteiger partial charge < -0.3 is 21.9 Å². The first-order valence-corrected chi connectivity index (χ1v) is 8.02. The number of hydrogen-bond donors (Lipinski definition) is 3. The number of carbonyl (C=O) groups excluding carboxylic acids is 1. The minimum Gasteiger partial charge on any atom is -0.423 e. The van der Waals surface area contributed by atoms with Gasteiger partial charge in [0.05, 0.1) is 5.56 Å². The molecule has 5 nitrogen and oxygen atoms in total. The van der Waals surface area contributed by atoms with Gasteiger partial charge in [0.15, 0.2) is 0 Å². The molecule has 0 spiro atoms. The van der Waals surface area contributed by atoms with Crippen LogP contribution in [0.1, 0.15) is 21.5 Å². The molecule has 3 rings (SSSR count). The van der Waals surface area contributed by atoms with Gasteiger partial charge in [0, 0.05) is 23.1 Å². The number of hydrogen-bond acceptors (Lipinski definition) is 5. The maximum Gasteiger partial charge on any atom is 0.345 e. The topological polar surface area (TPSA) is 104 Å².